The van der Waals surface area contributed by atoms with Gasteiger partial charge in [0.2, 0.25) is 5.91 Å². The summed E-state index contributed by atoms with van der Waals surface area (Å²) in [7, 11) is 0. The highest BCUT2D eigenvalue weighted by Gasteiger charge is 2.26. The predicted molar refractivity (Wildman–Crippen MR) is 102 cm³/mol. The molecule has 3 rings (SSSR count). The molecule has 2 fully saturated rings. The first-order chi connectivity index (χ1) is 12.5. The van der Waals surface area contributed by atoms with Crippen molar-refractivity contribution in [3.63, 3.8) is 0 Å². The Morgan fingerprint density at radius 2 is 1.85 bits per heavy atom. The monoisotopic (exact) mass is 401 g/mol. The van der Waals surface area contributed by atoms with Gasteiger partial charge in [-0.3, -0.25) is 19.4 Å². The van der Waals surface area contributed by atoms with Crippen molar-refractivity contribution in [1.29, 1.82) is 0 Å². The van der Waals surface area contributed by atoms with Crippen molar-refractivity contribution in [3.8, 4) is 0 Å². The summed E-state index contributed by atoms with van der Waals surface area (Å²) in [5.74, 6) is 0.230. The summed E-state index contributed by atoms with van der Waals surface area (Å²) in [6, 6.07) is 0.352. The van der Waals surface area contributed by atoms with Crippen molar-refractivity contribution in [2.75, 3.05) is 39.3 Å². The summed E-state index contributed by atoms with van der Waals surface area (Å²) in [6.45, 7) is 7.01. The number of hydrogen-bond donors (Lipinski definition) is 0. The molecule has 0 saturated carbocycles. The van der Waals surface area contributed by atoms with Gasteiger partial charge in [0, 0.05) is 38.8 Å². The van der Waals surface area contributed by atoms with Gasteiger partial charge in [-0.15, -0.1) is 0 Å². The largest absolute Gasteiger partial charge is 0.339 e. The van der Waals surface area contributed by atoms with Gasteiger partial charge in [0.05, 0.1) is 24.4 Å². The zero-order valence-electron chi connectivity index (χ0n) is 15.0. The lowest BCUT2D eigenvalue weighted by atomic mass is 10.0. The fourth-order valence-corrected chi connectivity index (χ4v) is 3.85. The molecule has 0 N–H and O–H groups in total. The van der Waals surface area contributed by atoms with Crippen LogP contribution in [0.3, 0.4) is 0 Å². The highest BCUT2D eigenvalue weighted by atomic mass is 35.5. The lowest BCUT2D eigenvalue weighted by molar-refractivity contribution is -0.136. The third kappa shape index (κ3) is 4.57. The Kier molecular flexibility index (Phi) is 6.55. The molecule has 1 aromatic heterocycles. The zero-order chi connectivity index (χ0) is 18.7. The summed E-state index contributed by atoms with van der Waals surface area (Å²) in [6.07, 6.45) is 4.81. The molecule has 0 aromatic carbocycles. The molecule has 1 amide bonds. The smallest absolute Gasteiger partial charge is 0.288 e. The highest BCUT2D eigenvalue weighted by Crippen LogP contribution is 2.17. The molecule has 26 heavy (non-hydrogen) atoms. The van der Waals surface area contributed by atoms with E-state index < -0.39 is 0 Å². The van der Waals surface area contributed by atoms with Crippen LogP contribution in [0.1, 0.15) is 26.2 Å². The molecule has 7 nitrogen and oxygen atoms in total. The number of aromatic nitrogens is 2. The number of piperazine rings is 1. The highest BCUT2D eigenvalue weighted by molar-refractivity contribution is 6.41. The minimum absolute atomic E-state index is 0.00144. The summed E-state index contributed by atoms with van der Waals surface area (Å²) in [5.41, 5.74) is -0.379. The number of piperidine rings is 1. The zero-order valence-corrected chi connectivity index (χ0v) is 16.5. The normalized spacial score (nSPS) is 22.6. The summed E-state index contributed by atoms with van der Waals surface area (Å²) >= 11 is 11.7. The third-order valence-electron chi connectivity index (χ3n) is 5.22. The Morgan fingerprint density at radius 3 is 2.54 bits per heavy atom. The second-order valence-electron chi connectivity index (χ2n) is 7.08. The molecule has 0 radical (unpaired) electrons. The molecule has 0 unspecified atom stereocenters. The Bertz CT molecular complexity index is 703. The fraction of sp³-hybridized carbons (Fsp3) is 0.706. The number of carbonyl (C=O) groups is 1. The van der Waals surface area contributed by atoms with Crippen LogP contribution in [0.5, 0.6) is 0 Å². The quantitative estimate of drug-likeness (QED) is 0.765. The molecule has 1 atom stereocenters. The van der Waals surface area contributed by atoms with Crippen molar-refractivity contribution in [2.45, 2.75) is 38.9 Å². The van der Waals surface area contributed by atoms with Gasteiger partial charge >= 0.3 is 0 Å². The average molecular weight is 402 g/mol. The van der Waals surface area contributed by atoms with E-state index in [4.69, 9.17) is 23.2 Å². The van der Waals surface area contributed by atoms with Crippen molar-refractivity contribution in [2.24, 2.45) is 0 Å². The first kappa shape index (κ1) is 19.6. The van der Waals surface area contributed by atoms with E-state index in [0.717, 1.165) is 45.6 Å². The molecule has 9 heteroatoms. The minimum Gasteiger partial charge on any atom is -0.339 e. The van der Waals surface area contributed by atoms with Crippen LogP contribution in [0.4, 0.5) is 0 Å². The molecule has 1 aromatic rings. The summed E-state index contributed by atoms with van der Waals surface area (Å²) in [4.78, 5) is 31.0. The maximum Gasteiger partial charge on any atom is 0.288 e. The Hall–Kier alpha value is -1.15. The molecule has 2 aliphatic rings. The number of hydrogen-bond acceptors (Lipinski definition) is 5. The van der Waals surface area contributed by atoms with Gasteiger partial charge in [-0.05, 0) is 26.2 Å². The van der Waals surface area contributed by atoms with Crippen LogP contribution in [0.25, 0.3) is 0 Å². The van der Waals surface area contributed by atoms with Crippen molar-refractivity contribution in [3.05, 3.63) is 26.6 Å². The molecule has 144 valence electrons. The average Bonchev–Trinajstić information content (AvgIpc) is 2.64. The third-order valence-corrected chi connectivity index (χ3v) is 5.97. The van der Waals surface area contributed by atoms with Gasteiger partial charge in [-0.1, -0.05) is 23.2 Å². The number of carbonyl (C=O) groups excluding carboxylic acids is 1. The van der Waals surface area contributed by atoms with Crippen LogP contribution in [-0.4, -0.2) is 75.7 Å². The minimum atomic E-state index is -0.379. The number of likely N-dealkylation sites (tertiary alicyclic amines) is 1. The summed E-state index contributed by atoms with van der Waals surface area (Å²) < 4.78 is 1.32. The molecule has 3 heterocycles. The van der Waals surface area contributed by atoms with Crippen LogP contribution in [-0.2, 0) is 11.5 Å². The maximum atomic E-state index is 12.6. The van der Waals surface area contributed by atoms with Gasteiger partial charge in [-0.2, -0.15) is 5.10 Å². The number of amides is 1. The Morgan fingerprint density at radius 1 is 1.15 bits per heavy atom. The van der Waals surface area contributed by atoms with E-state index in [1.165, 1.54) is 17.3 Å². The van der Waals surface area contributed by atoms with Gasteiger partial charge < -0.3 is 4.90 Å². The topological polar surface area (TPSA) is 61.7 Å². The Labute approximate surface area is 163 Å². The van der Waals surface area contributed by atoms with E-state index in [1.807, 2.05) is 4.90 Å². The van der Waals surface area contributed by atoms with Crippen LogP contribution in [0.15, 0.2) is 11.0 Å². The van der Waals surface area contributed by atoms with Crippen LogP contribution in [0.2, 0.25) is 10.0 Å². The second-order valence-corrected chi connectivity index (χ2v) is 7.86. The van der Waals surface area contributed by atoms with Gasteiger partial charge in [-0.25, -0.2) is 4.68 Å². The first-order valence-electron chi connectivity index (χ1n) is 9.11. The molecular formula is C17H25Cl2N5O2. The van der Waals surface area contributed by atoms with Gasteiger partial charge in [0.25, 0.3) is 5.56 Å². The van der Waals surface area contributed by atoms with Crippen LogP contribution >= 0.6 is 23.2 Å². The lowest BCUT2D eigenvalue weighted by Crippen LogP contribution is -2.52. The molecule has 0 bridgehead atoms. The van der Waals surface area contributed by atoms with Gasteiger partial charge in [0.15, 0.2) is 0 Å². The lowest BCUT2D eigenvalue weighted by Gasteiger charge is -2.38. The van der Waals surface area contributed by atoms with Gasteiger partial charge in [0.1, 0.15) is 5.02 Å². The number of halogens is 2. The van der Waals surface area contributed by atoms with E-state index in [2.05, 4.69) is 21.8 Å². The van der Waals surface area contributed by atoms with E-state index in [1.54, 1.807) is 0 Å². The van der Waals surface area contributed by atoms with Crippen LogP contribution < -0.4 is 5.56 Å². The van der Waals surface area contributed by atoms with E-state index in [9.17, 15) is 9.59 Å². The molecule has 2 saturated heterocycles. The Balaban J connectivity index is 1.49. The summed E-state index contributed by atoms with van der Waals surface area (Å²) in [5, 5.41) is 4.21. The molecule has 2 aliphatic heterocycles. The number of rotatable bonds is 4. The van der Waals surface area contributed by atoms with Crippen molar-refractivity contribution < 1.29 is 4.79 Å². The van der Waals surface area contributed by atoms with Crippen molar-refractivity contribution in [1.82, 2.24) is 24.5 Å². The molecular weight excluding hydrogens is 377 g/mol. The predicted octanol–water partition coefficient (Wildman–Crippen LogP) is 1.53. The van der Waals surface area contributed by atoms with E-state index in [0.29, 0.717) is 19.3 Å². The van der Waals surface area contributed by atoms with E-state index >= 15 is 0 Å². The van der Waals surface area contributed by atoms with Crippen molar-refractivity contribution >= 4 is 29.1 Å². The van der Waals surface area contributed by atoms with Crippen LogP contribution in [0, 0.1) is 0 Å². The van der Waals surface area contributed by atoms with E-state index in [-0.39, 0.29) is 21.5 Å². The standard InChI is InChI=1S/C17H25Cl2N5O2/c1-13-4-2-3-5-23(13)15(25)11-21-6-8-22(9-7-21)12-24-17(26)16(19)14(18)10-20-24/h10,13H,2-9,11-12H2,1H3/t13-/m0/s1. The first-order valence-corrected chi connectivity index (χ1v) is 9.86. The molecule has 0 spiro atoms. The second kappa shape index (κ2) is 8.69. The fourth-order valence-electron chi connectivity index (χ4n) is 3.57. The molecule has 0 aliphatic carbocycles. The maximum absolute atomic E-state index is 12.6. The SMILES string of the molecule is C[C@H]1CCCCN1C(=O)CN1CCN(Cn2ncc(Cl)c(Cl)c2=O)CC1. The number of nitrogens with zero attached hydrogens (tertiary/aromatic N) is 5.